The smallest absolute Gasteiger partial charge is 0.345 e. The monoisotopic (exact) mass is 319 g/mol. The Kier molecular flexibility index (Phi) is 4.31. The van der Waals surface area contributed by atoms with Crippen LogP contribution in [0.4, 0.5) is 0 Å². The van der Waals surface area contributed by atoms with Gasteiger partial charge in [0.15, 0.2) is 0 Å². The lowest BCUT2D eigenvalue weighted by Crippen LogP contribution is -2.24. The van der Waals surface area contributed by atoms with Crippen molar-refractivity contribution < 1.29 is 19.4 Å². The third-order valence-electron chi connectivity index (χ3n) is 3.59. The lowest BCUT2D eigenvalue weighted by atomic mass is 10.2. The van der Waals surface area contributed by atoms with E-state index < -0.39 is 5.97 Å². The molecule has 1 N–H and O–H groups in total. The Labute approximate surface area is 132 Å². The van der Waals surface area contributed by atoms with Crippen LogP contribution in [-0.4, -0.2) is 36.2 Å². The third-order valence-corrected chi connectivity index (χ3v) is 4.64. The molecule has 0 radical (unpaired) electrons. The molecule has 3 rings (SSSR count). The second-order valence-electron chi connectivity index (χ2n) is 5.10. The fraction of sp³-hybridized carbons (Fsp3) is 0.312. The lowest BCUT2D eigenvalue weighted by Gasteiger charge is -2.18. The van der Waals surface area contributed by atoms with Gasteiger partial charge in [0, 0.05) is 36.1 Å². The van der Waals surface area contributed by atoms with E-state index in [2.05, 4.69) is 4.90 Å². The summed E-state index contributed by atoms with van der Waals surface area (Å²) in [6.07, 6.45) is 0. The molecular weight excluding hydrogens is 302 g/mol. The van der Waals surface area contributed by atoms with Crippen LogP contribution in [0.1, 0.15) is 20.1 Å². The van der Waals surface area contributed by atoms with Crippen LogP contribution in [-0.2, 0) is 13.1 Å². The van der Waals surface area contributed by atoms with Gasteiger partial charge in [0.2, 0.25) is 0 Å². The average Bonchev–Trinajstić information content (AvgIpc) is 2.88. The number of carboxylic acids is 1. The molecule has 0 saturated heterocycles. The summed E-state index contributed by atoms with van der Waals surface area (Å²) in [5.74, 6) is 0.781. The van der Waals surface area contributed by atoms with Gasteiger partial charge >= 0.3 is 5.97 Å². The molecule has 1 aliphatic heterocycles. The summed E-state index contributed by atoms with van der Waals surface area (Å²) < 4.78 is 11.0. The molecule has 1 aliphatic rings. The second-order valence-corrected chi connectivity index (χ2v) is 6.27. The van der Waals surface area contributed by atoms with Crippen molar-refractivity contribution in [1.82, 2.24) is 4.90 Å². The quantitative estimate of drug-likeness (QED) is 0.939. The third kappa shape index (κ3) is 3.23. The highest BCUT2D eigenvalue weighted by atomic mass is 32.1. The summed E-state index contributed by atoms with van der Waals surface area (Å²) in [6, 6.07) is 9.40. The summed E-state index contributed by atoms with van der Waals surface area (Å²) in [4.78, 5) is 14.6. The molecule has 0 unspecified atom stereocenters. The minimum Gasteiger partial charge on any atom is -0.497 e. The van der Waals surface area contributed by atoms with Crippen molar-refractivity contribution in [3.05, 3.63) is 45.6 Å². The number of nitrogens with zero attached hydrogens (tertiary/aromatic N) is 1. The molecule has 0 fully saturated rings. The van der Waals surface area contributed by atoms with Crippen molar-refractivity contribution in [1.29, 1.82) is 0 Å². The number of carboxylic acid groups (broad SMARTS) is 1. The molecule has 2 heterocycles. The topological polar surface area (TPSA) is 59.0 Å². The van der Waals surface area contributed by atoms with Gasteiger partial charge in [-0.3, -0.25) is 4.90 Å². The molecular formula is C16H17NO4S. The minimum atomic E-state index is -0.868. The molecule has 0 amide bonds. The van der Waals surface area contributed by atoms with E-state index in [1.165, 1.54) is 11.3 Å². The Morgan fingerprint density at radius 3 is 3.00 bits per heavy atom. The van der Waals surface area contributed by atoms with E-state index >= 15 is 0 Å². The van der Waals surface area contributed by atoms with Crippen molar-refractivity contribution >= 4 is 17.3 Å². The molecule has 6 heteroatoms. The summed E-state index contributed by atoms with van der Waals surface area (Å²) >= 11 is 1.33. The molecule has 1 aromatic carbocycles. The van der Waals surface area contributed by atoms with E-state index in [0.29, 0.717) is 11.5 Å². The summed E-state index contributed by atoms with van der Waals surface area (Å²) in [7, 11) is 1.64. The fourth-order valence-corrected chi connectivity index (χ4v) is 3.35. The predicted molar refractivity (Wildman–Crippen MR) is 83.9 cm³/mol. The highest BCUT2D eigenvalue weighted by molar-refractivity contribution is 7.13. The standard InChI is InChI=1S/C16H17NO4S/c1-20-12-3-2-11-9-17(6-7-21-14(11)8-12)10-13-4-5-15(22-13)16(18)19/h2-5,8H,6-7,9-10H2,1H3,(H,18,19). The first-order chi connectivity index (χ1) is 10.7. The molecule has 0 atom stereocenters. The van der Waals surface area contributed by atoms with E-state index in [9.17, 15) is 4.79 Å². The molecule has 2 aromatic rings. The average molecular weight is 319 g/mol. The largest absolute Gasteiger partial charge is 0.497 e. The normalized spacial score (nSPS) is 14.8. The maximum atomic E-state index is 11.0. The van der Waals surface area contributed by atoms with Crippen LogP contribution in [0.5, 0.6) is 11.5 Å². The number of hydrogen-bond donors (Lipinski definition) is 1. The number of thiophene rings is 1. The van der Waals surface area contributed by atoms with Gasteiger partial charge < -0.3 is 14.6 Å². The summed E-state index contributed by atoms with van der Waals surface area (Å²) in [5.41, 5.74) is 1.12. The molecule has 1 aromatic heterocycles. The van der Waals surface area contributed by atoms with Gasteiger partial charge in [-0.25, -0.2) is 4.79 Å². The van der Waals surface area contributed by atoms with Gasteiger partial charge in [-0.1, -0.05) is 6.07 Å². The van der Waals surface area contributed by atoms with E-state index in [1.807, 2.05) is 24.3 Å². The number of benzene rings is 1. The molecule has 0 aliphatic carbocycles. The minimum absolute atomic E-state index is 0.381. The zero-order valence-electron chi connectivity index (χ0n) is 12.2. The molecule has 0 saturated carbocycles. The number of ether oxygens (including phenoxy) is 2. The van der Waals surface area contributed by atoms with Crippen molar-refractivity contribution in [2.75, 3.05) is 20.3 Å². The number of methoxy groups -OCH3 is 1. The maximum Gasteiger partial charge on any atom is 0.345 e. The van der Waals surface area contributed by atoms with E-state index in [4.69, 9.17) is 14.6 Å². The van der Waals surface area contributed by atoms with Crippen molar-refractivity contribution in [3.8, 4) is 11.5 Å². The first-order valence-electron chi connectivity index (χ1n) is 7.00. The number of rotatable bonds is 4. The zero-order chi connectivity index (χ0) is 15.5. The summed E-state index contributed by atoms with van der Waals surface area (Å²) in [6.45, 7) is 2.92. The summed E-state index contributed by atoms with van der Waals surface area (Å²) in [5, 5.41) is 8.99. The molecule has 22 heavy (non-hydrogen) atoms. The highest BCUT2D eigenvalue weighted by Gasteiger charge is 2.17. The van der Waals surface area contributed by atoms with Gasteiger partial charge in [-0.15, -0.1) is 11.3 Å². The Hall–Kier alpha value is -2.05. The highest BCUT2D eigenvalue weighted by Crippen LogP contribution is 2.29. The predicted octanol–water partition coefficient (Wildman–Crippen LogP) is 2.85. The van der Waals surface area contributed by atoms with Crippen LogP contribution in [0.15, 0.2) is 30.3 Å². The van der Waals surface area contributed by atoms with Crippen molar-refractivity contribution in [3.63, 3.8) is 0 Å². The lowest BCUT2D eigenvalue weighted by molar-refractivity contribution is 0.0702. The van der Waals surface area contributed by atoms with Crippen LogP contribution < -0.4 is 9.47 Å². The second kappa shape index (κ2) is 6.37. The van der Waals surface area contributed by atoms with Crippen LogP contribution in [0.25, 0.3) is 0 Å². The van der Waals surface area contributed by atoms with Crippen LogP contribution in [0, 0.1) is 0 Å². The van der Waals surface area contributed by atoms with Gasteiger partial charge in [0.1, 0.15) is 23.0 Å². The van der Waals surface area contributed by atoms with Crippen molar-refractivity contribution in [2.45, 2.75) is 13.1 Å². The van der Waals surface area contributed by atoms with Crippen LogP contribution >= 0.6 is 11.3 Å². The fourth-order valence-electron chi connectivity index (χ4n) is 2.46. The van der Waals surface area contributed by atoms with E-state index in [1.54, 1.807) is 13.2 Å². The molecule has 0 bridgehead atoms. The van der Waals surface area contributed by atoms with Crippen LogP contribution in [0.3, 0.4) is 0 Å². The van der Waals surface area contributed by atoms with E-state index in [-0.39, 0.29) is 0 Å². The molecule has 5 nitrogen and oxygen atoms in total. The number of fused-ring (bicyclic) bond motifs is 1. The molecule has 0 spiro atoms. The Balaban J connectivity index is 1.73. The number of carbonyl (C=O) groups is 1. The SMILES string of the molecule is COc1ccc2c(c1)OCCN(Cc1ccc(C(=O)O)s1)C2. The zero-order valence-corrected chi connectivity index (χ0v) is 13.1. The van der Waals surface area contributed by atoms with Gasteiger partial charge in [-0.05, 0) is 18.2 Å². The maximum absolute atomic E-state index is 11.0. The van der Waals surface area contributed by atoms with Crippen LogP contribution in [0.2, 0.25) is 0 Å². The number of hydrogen-bond acceptors (Lipinski definition) is 5. The Morgan fingerprint density at radius 1 is 1.41 bits per heavy atom. The first kappa shape index (κ1) is 14.9. The molecule has 116 valence electrons. The van der Waals surface area contributed by atoms with Gasteiger partial charge in [0.25, 0.3) is 0 Å². The Bertz CT molecular complexity index is 683. The number of aromatic carboxylic acids is 1. The van der Waals surface area contributed by atoms with Crippen molar-refractivity contribution in [2.24, 2.45) is 0 Å². The Morgan fingerprint density at radius 2 is 2.27 bits per heavy atom. The first-order valence-corrected chi connectivity index (χ1v) is 7.81. The van der Waals surface area contributed by atoms with Gasteiger partial charge in [-0.2, -0.15) is 0 Å². The van der Waals surface area contributed by atoms with Gasteiger partial charge in [0.05, 0.1) is 7.11 Å². The van der Waals surface area contributed by atoms with E-state index in [0.717, 1.165) is 41.6 Å².